The van der Waals surface area contributed by atoms with Crippen LogP contribution in [0.1, 0.15) is 34.1 Å². The summed E-state index contributed by atoms with van der Waals surface area (Å²) in [5.41, 5.74) is 7.11. The van der Waals surface area contributed by atoms with E-state index in [2.05, 4.69) is 0 Å². The van der Waals surface area contributed by atoms with Crippen molar-refractivity contribution in [1.29, 1.82) is 0 Å². The fourth-order valence-electron chi connectivity index (χ4n) is 4.50. The molecule has 8 nitrogen and oxygen atoms in total. The normalized spacial score (nSPS) is 12.8. The van der Waals surface area contributed by atoms with Crippen molar-refractivity contribution in [3.8, 4) is 11.3 Å². The van der Waals surface area contributed by atoms with Gasteiger partial charge in [-0.25, -0.2) is 4.39 Å². The van der Waals surface area contributed by atoms with Gasteiger partial charge < -0.3 is 15.1 Å². The van der Waals surface area contributed by atoms with E-state index >= 15 is 0 Å². The zero-order chi connectivity index (χ0) is 26.3. The van der Waals surface area contributed by atoms with Crippen LogP contribution in [0.2, 0.25) is 0 Å². The van der Waals surface area contributed by atoms with Crippen LogP contribution in [0.4, 0.5) is 15.8 Å². The Labute approximate surface area is 210 Å². The lowest BCUT2D eigenvalue weighted by Crippen LogP contribution is -2.35. The first-order valence-corrected chi connectivity index (χ1v) is 11.6. The molecule has 0 spiro atoms. The van der Waals surface area contributed by atoms with E-state index in [0.717, 1.165) is 6.07 Å². The van der Waals surface area contributed by atoms with E-state index < -0.39 is 11.2 Å². The highest BCUT2D eigenvalue weighted by atomic mass is 19.1. The third-order valence-electron chi connectivity index (χ3n) is 6.37. The Bertz CT molecular complexity index is 1590. The number of rotatable bonds is 6. The lowest BCUT2D eigenvalue weighted by molar-refractivity contribution is -0.116. The van der Waals surface area contributed by atoms with Crippen molar-refractivity contribution >= 4 is 40.1 Å². The molecular formula is C28H22FN3O5. The molecule has 3 amide bonds. The SMILES string of the molecule is CC(=O)N(CCCN1C(=O)c2ccccc2C1=O)c1ccc(-c2cc(=O)c3c(N)c(F)ccc3o2)cc1. The number of hydrogen-bond acceptors (Lipinski definition) is 6. The summed E-state index contributed by atoms with van der Waals surface area (Å²) in [6.07, 6.45) is 0.393. The van der Waals surface area contributed by atoms with Gasteiger partial charge in [0.1, 0.15) is 17.2 Å². The molecule has 0 saturated carbocycles. The quantitative estimate of drug-likeness (QED) is 0.314. The van der Waals surface area contributed by atoms with Crippen molar-refractivity contribution in [3.05, 3.63) is 93.9 Å². The lowest BCUT2D eigenvalue weighted by Gasteiger charge is -2.23. The van der Waals surface area contributed by atoms with Crippen molar-refractivity contribution in [1.82, 2.24) is 4.90 Å². The Balaban J connectivity index is 1.31. The number of nitrogen functional groups attached to an aromatic ring is 1. The monoisotopic (exact) mass is 499 g/mol. The Morgan fingerprint density at radius 2 is 1.62 bits per heavy atom. The first kappa shape index (κ1) is 23.9. The Hall–Kier alpha value is -4.79. The number of imide groups is 1. The minimum absolute atomic E-state index is 0.0128. The molecule has 0 aliphatic carbocycles. The summed E-state index contributed by atoms with van der Waals surface area (Å²) in [5, 5.41) is -0.0128. The van der Waals surface area contributed by atoms with E-state index in [1.54, 1.807) is 53.4 Å². The maximum atomic E-state index is 13.7. The second-order valence-corrected chi connectivity index (χ2v) is 8.69. The number of nitrogens with zero attached hydrogens (tertiary/aromatic N) is 2. The molecule has 37 heavy (non-hydrogen) atoms. The van der Waals surface area contributed by atoms with Gasteiger partial charge in [-0.1, -0.05) is 12.1 Å². The van der Waals surface area contributed by atoms with Crippen LogP contribution in [-0.4, -0.2) is 35.7 Å². The van der Waals surface area contributed by atoms with Crippen LogP contribution in [-0.2, 0) is 4.79 Å². The summed E-state index contributed by atoms with van der Waals surface area (Å²) < 4.78 is 19.5. The molecule has 9 heteroatoms. The highest BCUT2D eigenvalue weighted by Crippen LogP contribution is 2.28. The molecule has 0 unspecified atom stereocenters. The topological polar surface area (TPSA) is 114 Å². The highest BCUT2D eigenvalue weighted by molar-refractivity contribution is 6.21. The fraction of sp³-hybridized carbons (Fsp3) is 0.143. The number of nitrogens with two attached hydrogens (primary N) is 1. The molecule has 0 saturated heterocycles. The Kier molecular flexibility index (Phi) is 6.04. The molecule has 2 N–H and O–H groups in total. The van der Waals surface area contributed by atoms with E-state index in [0.29, 0.717) is 28.8 Å². The van der Waals surface area contributed by atoms with Crippen LogP contribution in [0.25, 0.3) is 22.3 Å². The molecular weight excluding hydrogens is 477 g/mol. The second-order valence-electron chi connectivity index (χ2n) is 8.69. The van der Waals surface area contributed by atoms with Crippen LogP contribution in [0.15, 0.2) is 75.9 Å². The number of benzene rings is 3. The van der Waals surface area contributed by atoms with Gasteiger partial charge >= 0.3 is 0 Å². The molecule has 0 fully saturated rings. The summed E-state index contributed by atoms with van der Waals surface area (Å²) in [7, 11) is 0. The predicted molar refractivity (Wildman–Crippen MR) is 137 cm³/mol. The van der Waals surface area contributed by atoms with Crippen molar-refractivity contribution < 1.29 is 23.2 Å². The van der Waals surface area contributed by atoms with E-state index in [4.69, 9.17) is 10.2 Å². The van der Waals surface area contributed by atoms with Gasteiger partial charge in [-0.2, -0.15) is 0 Å². The van der Waals surface area contributed by atoms with E-state index in [1.165, 1.54) is 24.0 Å². The minimum atomic E-state index is -0.691. The number of hydrogen-bond donors (Lipinski definition) is 1. The highest BCUT2D eigenvalue weighted by Gasteiger charge is 2.34. The number of anilines is 2. The fourth-order valence-corrected chi connectivity index (χ4v) is 4.50. The number of halogens is 1. The lowest BCUT2D eigenvalue weighted by atomic mass is 10.1. The molecule has 2 heterocycles. The van der Waals surface area contributed by atoms with Crippen molar-refractivity contribution in [3.63, 3.8) is 0 Å². The van der Waals surface area contributed by atoms with Gasteiger partial charge in [0.25, 0.3) is 11.8 Å². The Morgan fingerprint density at radius 3 is 2.24 bits per heavy atom. The van der Waals surface area contributed by atoms with Gasteiger partial charge in [0, 0.05) is 37.3 Å². The van der Waals surface area contributed by atoms with Gasteiger partial charge in [-0.05, 0) is 55.0 Å². The zero-order valence-corrected chi connectivity index (χ0v) is 19.9. The van der Waals surface area contributed by atoms with Crippen molar-refractivity contribution in [2.24, 2.45) is 0 Å². The molecule has 0 atom stereocenters. The Morgan fingerprint density at radius 1 is 0.973 bits per heavy atom. The van der Waals surface area contributed by atoms with Crippen LogP contribution < -0.4 is 16.1 Å². The maximum Gasteiger partial charge on any atom is 0.261 e. The summed E-state index contributed by atoms with van der Waals surface area (Å²) in [4.78, 5) is 52.8. The van der Waals surface area contributed by atoms with Crippen LogP contribution >= 0.6 is 0 Å². The molecule has 186 valence electrons. The molecule has 1 aromatic heterocycles. The average molecular weight is 499 g/mol. The first-order valence-electron chi connectivity index (χ1n) is 11.6. The summed E-state index contributed by atoms with van der Waals surface area (Å²) >= 11 is 0. The third kappa shape index (κ3) is 4.24. The van der Waals surface area contributed by atoms with Crippen molar-refractivity contribution in [2.45, 2.75) is 13.3 Å². The number of carbonyl (C=O) groups excluding carboxylic acids is 3. The molecule has 3 aromatic carbocycles. The van der Waals surface area contributed by atoms with Gasteiger partial charge in [-0.15, -0.1) is 0 Å². The third-order valence-corrected chi connectivity index (χ3v) is 6.37. The maximum absolute atomic E-state index is 13.7. The van der Waals surface area contributed by atoms with E-state index in [-0.39, 0.29) is 53.2 Å². The number of fused-ring (bicyclic) bond motifs is 2. The van der Waals surface area contributed by atoms with Gasteiger partial charge in [0.05, 0.1) is 22.2 Å². The van der Waals surface area contributed by atoms with Crippen LogP contribution in [0.5, 0.6) is 0 Å². The smallest absolute Gasteiger partial charge is 0.261 e. The molecule has 0 bridgehead atoms. The average Bonchev–Trinajstić information content (AvgIpc) is 3.13. The van der Waals surface area contributed by atoms with Crippen LogP contribution in [0, 0.1) is 5.82 Å². The standard InChI is InChI=1S/C28H22FN3O5/c1-16(33)31(13-4-14-32-27(35)19-5-2-3-6-20(19)28(32)36)18-9-7-17(8-10-18)24-15-22(34)25-23(37-24)12-11-21(29)26(25)30/h2-3,5-12,15H,4,13-14,30H2,1H3. The molecule has 1 aliphatic rings. The van der Waals surface area contributed by atoms with Gasteiger partial charge in [-0.3, -0.25) is 24.1 Å². The first-order chi connectivity index (χ1) is 17.8. The molecule has 4 aromatic rings. The summed E-state index contributed by atoms with van der Waals surface area (Å²) in [5.74, 6) is -1.29. The predicted octanol–water partition coefficient (Wildman–Crippen LogP) is 4.22. The van der Waals surface area contributed by atoms with Crippen molar-refractivity contribution in [2.75, 3.05) is 23.7 Å². The summed E-state index contributed by atoms with van der Waals surface area (Å²) in [6.45, 7) is 1.90. The number of amides is 3. The van der Waals surface area contributed by atoms with Crippen LogP contribution in [0.3, 0.4) is 0 Å². The van der Waals surface area contributed by atoms with E-state index in [9.17, 15) is 23.6 Å². The summed E-state index contributed by atoms with van der Waals surface area (Å²) in [6, 6.07) is 17.3. The largest absolute Gasteiger partial charge is 0.456 e. The minimum Gasteiger partial charge on any atom is -0.456 e. The molecule has 1 aliphatic heterocycles. The number of carbonyl (C=O) groups is 3. The van der Waals surface area contributed by atoms with E-state index in [1.807, 2.05) is 0 Å². The molecule has 0 radical (unpaired) electrons. The van der Waals surface area contributed by atoms with Gasteiger partial charge in [0.2, 0.25) is 5.91 Å². The van der Waals surface area contributed by atoms with Gasteiger partial charge in [0.15, 0.2) is 5.43 Å². The zero-order valence-electron chi connectivity index (χ0n) is 19.9. The second kappa shape index (κ2) is 9.34. The molecule has 5 rings (SSSR count).